The van der Waals surface area contributed by atoms with E-state index in [-0.39, 0.29) is 17.2 Å². The van der Waals surface area contributed by atoms with E-state index in [1.807, 2.05) is 45.9 Å². The van der Waals surface area contributed by atoms with Gasteiger partial charge in [0.2, 0.25) is 0 Å². The Balaban J connectivity index is 1.41. The summed E-state index contributed by atoms with van der Waals surface area (Å²) in [5.41, 5.74) is 1.32. The van der Waals surface area contributed by atoms with Crippen LogP contribution in [0.1, 0.15) is 40.5 Å². The topological polar surface area (TPSA) is 51.2 Å². The fourth-order valence-corrected chi connectivity index (χ4v) is 3.51. The van der Waals surface area contributed by atoms with Crippen molar-refractivity contribution in [2.24, 2.45) is 0 Å². The van der Waals surface area contributed by atoms with Gasteiger partial charge in [0, 0.05) is 19.3 Å². The molecule has 0 saturated carbocycles. The summed E-state index contributed by atoms with van der Waals surface area (Å²) in [6.07, 6.45) is 15.1. The Hall–Kier alpha value is -2.25. The molecule has 0 aromatic heterocycles. The molecule has 148 valence electrons. The maximum Gasteiger partial charge on any atom is 0.492 e. The van der Waals surface area contributed by atoms with Crippen LogP contribution in [0.25, 0.3) is 0 Å². The number of rotatable bonds is 2. The first-order valence-corrected chi connectivity index (χ1v) is 9.80. The molecule has 7 heteroatoms. The lowest BCUT2D eigenvalue weighted by Gasteiger charge is -2.32. The summed E-state index contributed by atoms with van der Waals surface area (Å²) in [6.45, 7) is 9.17. The van der Waals surface area contributed by atoms with Crippen molar-refractivity contribution in [3.05, 3.63) is 59.8 Å². The summed E-state index contributed by atoms with van der Waals surface area (Å²) in [7, 11) is -0.409. The van der Waals surface area contributed by atoms with Gasteiger partial charge in [0.05, 0.1) is 17.4 Å². The summed E-state index contributed by atoms with van der Waals surface area (Å²) >= 11 is 0. The van der Waals surface area contributed by atoms with Crippen LogP contribution in [-0.2, 0) is 14.0 Å². The number of allylic oxidation sites excluding steroid dienone is 4. The van der Waals surface area contributed by atoms with Crippen molar-refractivity contribution in [3.8, 4) is 0 Å². The van der Waals surface area contributed by atoms with Crippen molar-refractivity contribution in [2.75, 3.05) is 13.1 Å². The van der Waals surface area contributed by atoms with Crippen molar-refractivity contribution in [1.29, 1.82) is 0 Å². The van der Waals surface area contributed by atoms with Gasteiger partial charge in [-0.3, -0.25) is 4.90 Å². The molecule has 1 saturated heterocycles. The highest BCUT2D eigenvalue weighted by Gasteiger charge is 2.53. The Morgan fingerprint density at radius 1 is 1.18 bits per heavy atom. The highest BCUT2D eigenvalue weighted by molar-refractivity contribution is 6.55. The van der Waals surface area contributed by atoms with Crippen LogP contribution in [0.4, 0.5) is 4.79 Å². The van der Waals surface area contributed by atoms with E-state index in [4.69, 9.17) is 14.0 Å². The minimum Gasteiger partial charge on any atom is -0.462 e. The maximum atomic E-state index is 13.0. The fourth-order valence-electron chi connectivity index (χ4n) is 3.51. The molecule has 0 aromatic carbocycles. The molecule has 3 aliphatic heterocycles. The van der Waals surface area contributed by atoms with E-state index in [1.54, 1.807) is 28.5 Å². The molecule has 0 spiro atoms. The molecule has 0 bridgehead atoms. The molecular formula is C21H27BN2O4. The lowest BCUT2D eigenvalue weighted by Crippen LogP contribution is -2.41. The van der Waals surface area contributed by atoms with Crippen molar-refractivity contribution in [1.82, 2.24) is 9.80 Å². The zero-order valence-corrected chi connectivity index (χ0v) is 17.0. The quantitative estimate of drug-likeness (QED) is 0.680. The summed E-state index contributed by atoms with van der Waals surface area (Å²) < 4.78 is 17.9. The normalized spacial score (nSPS) is 25.4. The molecule has 0 aromatic rings. The molecule has 6 nitrogen and oxygen atoms in total. The summed E-state index contributed by atoms with van der Waals surface area (Å²) in [5, 5.41) is 0. The zero-order chi connectivity index (χ0) is 19.9. The van der Waals surface area contributed by atoms with Gasteiger partial charge in [0.1, 0.15) is 12.0 Å². The first kappa shape index (κ1) is 19.1. The van der Waals surface area contributed by atoms with Gasteiger partial charge in [0.25, 0.3) is 0 Å². The monoisotopic (exact) mass is 382 g/mol. The van der Waals surface area contributed by atoms with Gasteiger partial charge in [-0.25, -0.2) is 4.79 Å². The molecule has 4 aliphatic rings. The molecule has 0 radical (unpaired) electrons. The van der Waals surface area contributed by atoms with E-state index >= 15 is 0 Å². The number of ether oxygens (including phenoxy) is 1. The third kappa shape index (κ3) is 3.44. The average molecular weight is 382 g/mol. The molecule has 3 heterocycles. The Morgan fingerprint density at radius 3 is 2.61 bits per heavy atom. The number of hydrogen-bond donors (Lipinski definition) is 0. The lowest BCUT2D eigenvalue weighted by atomic mass is 9.79. The predicted molar refractivity (Wildman–Crippen MR) is 108 cm³/mol. The van der Waals surface area contributed by atoms with Crippen LogP contribution in [0.3, 0.4) is 0 Å². The first-order chi connectivity index (χ1) is 13.3. The number of carbonyl (C=O) groups is 1. The Labute approximate surface area is 166 Å². The largest absolute Gasteiger partial charge is 0.492 e. The molecular weight excluding hydrogens is 355 g/mol. The second kappa shape index (κ2) is 6.97. The van der Waals surface area contributed by atoms with Gasteiger partial charge in [-0.2, -0.15) is 0 Å². The zero-order valence-electron chi connectivity index (χ0n) is 17.0. The molecule has 4 rings (SSSR count). The van der Waals surface area contributed by atoms with Crippen molar-refractivity contribution < 1.29 is 18.8 Å². The average Bonchev–Trinajstić information content (AvgIpc) is 3.25. The highest BCUT2D eigenvalue weighted by atomic mass is 16.7. The number of urea groups is 1. The Morgan fingerprint density at radius 2 is 1.93 bits per heavy atom. The minimum atomic E-state index is -0.409. The molecule has 1 fully saturated rings. The first-order valence-electron chi connectivity index (χ1n) is 9.80. The molecule has 0 unspecified atom stereocenters. The second-order valence-electron chi connectivity index (χ2n) is 8.49. The third-order valence-electron chi connectivity index (χ3n) is 6.00. The van der Waals surface area contributed by atoms with Crippen LogP contribution < -0.4 is 0 Å². The fraction of sp³-hybridized carbons (Fsp3) is 0.476. The summed E-state index contributed by atoms with van der Waals surface area (Å²) in [5.74, 6) is 0.721. The van der Waals surface area contributed by atoms with E-state index in [0.717, 1.165) is 29.6 Å². The smallest absolute Gasteiger partial charge is 0.462 e. The van der Waals surface area contributed by atoms with Gasteiger partial charge in [-0.15, -0.1) is 0 Å². The number of nitrogens with zero attached hydrogens (tertiary/aromatic N) is 2. The lowest BCUT2D eigenvalue weighted by molar-refractivity contribution is 0.00578. The van der Waals surface area contributed by atoms with E-state index in [9.17, 15) is 4.79 Å². The Bertz CT molecular complexity index is 806. The van der Waals surface area contributed by atoms with E-state index < -0.39 is 7.12 Å². The standard InChI is InChI=1S/C21H27BN2O4/c1-20(2)21(3,4)28-22(27-20)17-10-11-23(14-17)19(25)24-12-13-26-18(15-24)16-8-6-5-7-9-16/h5-6,8,10,12-13,15H,7,9,11,14H2,1-4H3. The van der Waals surface area contributed by atoms with Gasteiger partial charge in [-0.05, 0) is 51.6 Å². The predicted octanol–water partition coefficient (Wildman–Crippen LogP) is 3.90. The van der Waals surface area contributed by atoms with Crippen molar-refractivity contribution in [2.45, 2.75) is 51.7 Å². The maximum absolute atomic E-state index is 13.0. The van der Waals surface area contributed by atoms with E-state index in [1.165, 1.54) is 0 Å². The van der Waals surface area contributed by atoms with Crippen molar-refractivity contribution in [3.63, 3.8) is 0 Å². The van der Waals surface area contributed by atoms with Crippen molar-refractivity contribution >= 4 is 13.1 Å². The molecule has 0 N–H and O–H groups in total. The second-order valence-corrected chi connectivity index (χ2v) is 8.49. The van der Waals surface area contributed by atoms with Crippen LogP contribution in [0, 0.1) is 0 Å². The van der Waals surface area contributed by atoms with Crippen LogP contribution in [0.5, 0.6) is 0 Å². The summed E-state index contributed by atoms with van der Waals surface area (Å²) in [4.78, 5) is 16.4. The van der Waals surface area contributed by atoms with Gasteiger partial charge in [-0.1, -0.05) is 24.3 Å². The molecule has 0 atom stereocenters. The van der Waals surface area contributed by atoms with Crippen LogP contribution in [0.2, 0.25) is 0 Å². The molecule has 1 aliphatic carbocycles. The van der Waals surface area contributed by atoms with E-state index in [2.05, 4.69) is 6.08 Å². The highest BCUT2D eigenvalue weighted by Crippen LogP contribution is 2.39. The summed E-state index contributed by atoms with van der Waals surface area (Å²) in [6, 6.07) is -0.0910. The Kier molecular flexibility index (Phi) is 4.75. The number of carbonyl (C=O) groups excluding carboxylic acids is 1. The number of amides is 2. The van der Waals surface area contributed by atoms with Gasteiger partial charge in [0.15, 0.2) is 0 Å². The van der Waals surface area contributed by atoms with E-state index in [0.29, 0.717) is 13.1 Å². The number of hydrogen-bond acceptors (Lipinski definition) is 4. The minimum absolute atomic E-state index is 0.0910. The van der Waals surface area contributed by atoms with Crippen LogP contribution in [-0.4, -0.2) is 47.2 Å². The van der Waals surface area contributed by atoms with Crippen LogP contribution >= 0.6 is 0 Å². The molecule has 2 amide bonds. The third-order valence-corrected chi connectivity index (χ3v) is 6.00. The van der Waals surface area contributed by atoms with Gasteiger partial charge < -0.3 is 18.9 Å². The molecule has 28 heavy (non-hydrogen) atoms. The van der Waals surface area contributed by atoms with Gasteiger partial charge >= 0.3 is 13.1 Å². The SMILES string of the molecule is CC1(C)OB(C2=CCN(C(=O)N3C=COC(C4=CC=CCC4)=C3)C2)OC1(C)C. The van der Waals surface area contributed by atoms with Crippen LogP contribution in [0.15, 0.2) is 59.8 Å².